The topological polar surface area (TPSA) is 55.8 Å². The van der Waals surface area contributed by atoms with Crippen LogP contribution in [0.15, 0.2) is 16.6 Å². The highest BCUT2D eigenvalue weighted by Crippen LogP contribution is 2.27. The van der Waals surface area contributed by atoms with Gasteiger partial charge in [0.05, 0.1) is 0 Å². The first-order valence-corrected chi connectivity index (χ1v) is 5.00. The maximum atomic E-state index is 10.9. The van der Waals surface area contributed by atoms with Gasteiger partial charge in [0.1, 0.15) is 11.3 Å². The van der Waals surface area contributed by atoms with E-state index < -0.39 is 5.97 Å². The van der Waals surface area contributed by atoms with Gasteiger partial charge in [-0.2, -0.15) is 0 Å². The Morgan fingerprint density at radius 1 is 1.53 bits per heavy atom. The van der Waals surface area contributed by atoms with Crippen LogP contribution in [0.4, 0.5) is 0 Å². The van der Waals surface area contributed by atoms with Crippen molar-refractivity contribution < 1.29 is 19.4 Å². The van der Waals surface area contributed by atoms with Gasteiger partial charge in [-0.15, -0.1) is 0 Å². The van der Waals surface area contributed by atoms with Crippen molar-refractivity contribution in [3.05, 3.63) is 27.7 Å². The van der Waals surface area contributed by atoms with Crippen LogP contribution in [-0.4, -0.2) is 25.0 Å². The number of benzene rings is 1. The first-order chi connectivity index (χ1) is 7.06. The molecule has 0 aliphatic heterocycles. The van der Waals surface area contributed by atoms with Crippen LogP contribution in [0, 0.1) is 6.92 Å². The van der Waals surface area contributed by atoms with Gasteiger partial charge in [-0.3, -0.25) is 0 Å². The molecule has 5 heteroatoms. The molecule has 1 N–H and O–H groups in total. The number of rotatable bonds is 4. The highest BCUT2D eigenvalue weighted by Gasteiger charge is 2.13. The number of carboxylic acid groups (broad SMARTS) is 1. The van der Waals surface area contributed by atoms with Gasteiger partial charge in [-0.25, -0.2) is 4.79 Å². The van der Waals surface area contributed by atoms with Gasteiger partial charge in [-0.1, -0.05) is 15.9 Å². The quantitative estimate of drug-likeness (QED) is 0.857. The zero-order valence-electron chi connectivity index (χ0n) is 8.41. The maximum absolute atomic E-state index is 10.9. The minimum Gasteiger partial charge on any atom is -0.478 e. The van der Waals surface area contributed by atoms with E-state index in [4.69, 9.17) is 14.6 Å². The van der Waals surface area contributed by atoms with Crippen molar-refractivity contribution in [3.8, 4) is 5.75 Å². The number of aromatic carboxylic acids is 1. The van der Waals surface area contributed by atoms with Gasteiger partial charge in [-0.05, 0) is 24.6 Å². The van der Waals surface area contributed by atoms with Gasteiger partial charge in [0, 0.05) is 11.6 Å². The zero-order valence-corrected chi connectivity index (χ0v) is 10.00. The summed E-state index contributed by atoms with van der Waals surface area (Å²) in [6, 6.07) is 3.18. The van der Waals surface area contributed by atoms with Gasteiger partial charge in [0.2, 0.25) is 0 Å². The molecule has 0 aliphatic carbocycles. The normalized spacial score (nSPS) is 10.1. The van der Waals surface area contributed by atoms with Crippen LogP contribution in [-0.2, 0) is 4.74 Å². The Balaban J connectivity index is 3.10. The zero-order chi connectivity index (χ0) is 11.4. The summed E-state index contributed by atoms with van der Waals surface area (Å²) in [6.45, 7) is 1.89. The second kappa shape index (κ2) is 5.14. The fraction of sp³-hybridized carbons (Fsp3) is 0.300. The summed E-state index contributed by atoms with van der Waals surface area (Å²) < 4.78 is 10.6. The predicted octanol–water partition coefficient (Wildman–Crippen LogP) is 2.44. The average Bonchev–Trinajstić information content (AvgIpc) is 2.19. The molecule has 82 valence electrons. The number of hydrogen-bond acceptors (Lipinski definition) is 3. The van der Waals surface area contributed by atoms with Crippen molar-refractivity contribution in [3.63, 3.8) is 0 Å². The molecule has 1 aromatic rings. The number of ether oxygens (including phenoxy) is 2. The minimum absolute atomic E-state index is 0.0291. The standard InChI is InChI=1S/C10H11BrO4/c1-6-3-9(15-5-14-2)7(10(12)13)4-8(6)11/h3-4H,5H2,1-2H3,(H,12,13). The van der Waals surface area contributed by atoms with E-state index in [1.807, 2.05) is 6.92 Å². The Kier molecular flexibility index (Phi) is 4.11. The molecular weight excluding hydrogens is 264 g/mol. The lowest BCUT2D eigenvalue weighted by molar-refractivity contribution is 0.0483. The van der Waals surface area contributed by atoms with Crippen molar-refractivity contribution in [1.29, 1.82) is 0 Å². The van der Waals surface area contributed by atoms with Gasteiger partial charge < -0.3 is 14.6 Å². The number of hydrogen-bond donors (Lipinski definition) is 1. The number of halogens is 1. The molecule has 0 spiro atoms. The highest BCUT2D eigenvalue weighted by atomic mass is 79.9. The summed E-state index contributed by atoms with van der Waals surface area (Å²) in [4.78, 5) is 10.9. The van der Waals surface area contributed by atoms with E-state index in [2.05, 4.69) is 15.9 Å². The van der Waals surface area contributed by atoms with Crippen molar-refractivity contribution in [2.45, 2.75) is 6.92 Å². The predicted molar refractivity (Wildman–Crippen MR) is 58.3 cm³/mol. The first-order valence-electron chi connectivity index (χ1n) is 4.21. The van der Waals surface area contributed by atoms with E-state index in [1.54, 1.807) is 6.07 Å². The molecule has 0 unspecified atom stereocenters. The second-order valence-electron chi connectivity index (χ2n) is 2.95. The Hall–Kier alpha value is -1.07. The molecular formula is C10H11BrO4. The molecule has 1 aromatic carbocycles. The third kappa shape index (κ3) is 2.94. The lowest BCUT2D eigenvalue weighted by atomic mass is 10.1. The van der Waals surface area contributed by atoms with Crippen LogP contribution in [0.3, 0.4) is 0 Å². The summed E-state index contributed by atoms with van der Waals surface area (Å²) in [7, 11) is 1.48. The smallest absolute Gasteiger partial charge is 0.339 e. The van der Waals surface area contributed by atoms with Gasteiger partial charge >= 0.3 is 5.97 Å². The largest absolute Gasteiger partial charge is 0.478 e. The molecule has 0 saturated carbocycles. The van der Waals surface area contributed by atoms with E-state index in [0.717, 1.165) is 10.0 Å². The monoisotopic (exact) mass is 274 g/mol. The first kappa shape index (κ1) is 12.0. The molecule has 15 heavy (non-hydrogen) atoms. The van der Waals surface area contributed by atoms with E-state index in [9.17, 15) is 4.79 Å². The SMILES string of the molecule is COCOc1cc(C)c(Br)cc1C(=O)O. The van der Waals surface area contributed by atoms with Crippen molar-refractivity contribution in [1.82, 2.24) is 0 Å². The van der Waals surface area contributed by atoms with E-state index in [1.165, 1.54) is 13.2 Å². The summed E-state index contributed by atoms with van der Waals surface area (Å²) >= 11 is 3.27. The fourth-order valence-corrected chi connectivity index (χ4v) is 1.41. The average molecular weight is 275 g/mol. The maximum Gasteiger partial charge on any atom is 0.339 e. The molecule has 0 radical (unpaired) electrons. The van der Waals surface area contributed by atoms with Crippen LogP contribution in [0.5, 0.6) is 5.75 Å². The molecule has 0 atom stereocenters. The second-order valence-corrected chi connectivity index (χ2v) is 3.81. The molecule has 0 amide bonds. The molecule has 0 fully saturated rings. The molecule has 1 rings (SSSR count). The number of methoxy groups -OCH3 is 1. The lowest BCUT2D eigenvalue weighted by Gasteiger charge is -2.10. The van der Waals surface area contributed by atoms with Crippen LogP contribution >= 0.6 is 15.9 Å². The molecule has 0 bridgehead atoms. The Morgan fingerprint density at radius 2 is 2.20 bits per heavy atom. The fourth-order valence-electron chi connectivity index (χ4n) is 1.06. The lowest BCUT2D eigenvalue weighted by Crippen LogP contribution is -2.06. The van der Waals surface area contributed by atoms with Crippen molar-refractivity contribution >= 4 is 21.9 Å². The third-order valence-corrected chi connectivity index (χ3v) is 2.68. The molecule has 4 nitrogen and oxygen atoms in total. The Bertz CT molecular complexity index is 376. The minimum atomic E-state index is -1.03. The summed E-state index contributed by atoms with van der Waals surface area (Å²) in [5.41, 5.74) is 1.02. The van der Waals surface area contributed by atoms with Crippen molar-refractivity contribution in [2.75, 3.05) is 13.9 Å². The van der Waals surface area contributed by atoms with Crippen molar-refractivity contribution in [2.24, 2.45) is 0 Å². The number of carbonyl (C=O) groups is 1. The van der Waals surface area contributed by atoms with Crippen LogP contribution in [0.1, 0.15) is 15.9 Å². The summed E-state index contributed by atoms with van der Waals surface area (Å²) in [5.74, 6) is -0.716. The summed E-state index contributed by atoms with van der Waals surface area (Å²) in [6.07, 6.45) is 0. The third-order valence-electron chi connectivity index (χ3n) is 1.82. The van der Waals surface area contributed by atoms with Gasteiger partial charge in [0.25, 0.3) is 0 Å². The number of aryl methyl sites for hydroxylation is 1. The van der Waals surface area contributed by atoms with E-state index in [0.29, 0.717) is 5.75 Å². The highest BCUT2D eigenvalue weighted by molar-refractivity contribution is 9.10. The van der Waals surface area contributed by atoms with Crippen LogP contribution in [0.2, 0.25) is 0 Å². The number of carboxylic acids is 1. The van der Waals surface area contributed by atoms with Crippen LogP contribution < -0.4 is 4.74 Å². The van der Waals surface area contributed by atoms with Gasteiger partial charge in [0.15, 0.2) is 6.79 Å². The molecule has 0 saturated heterocycles. The van der Waals surface area contributed by atoms with E-state index in [-0.39, 0.29) is 12.4 Å². The molecule has 0 aromatic heterocycles. The Morgan fingerprint density at radius 3 is 2.73 bits per heavy atom. The molecule has 0 aliphatic rings. The molecule has 0 heterocycles. The Labute approximate surface area is 95.9 Å². The summed E-state index contributed by atoms with van der Waals surface area (Å²) in [5, 5.41) is 8.94. The van der Waals surface area contributed by atoms with E-state index >= 15 is 0 Å². The van der Waals surface area contributed by atoms with Crippen LogP contribution in [0.25, 0.3) is 0 Å².